The first-order chi connectivity index (χ1) is 17.4. The molecule has 0 radical (unpaired) electrons. The van der Waals surface area contributed by atoms with Gasteiger partial charge in [-0.2, -0.15) is 5.10 Å². The highest BCUT2D eigenvalue weighted by Crippen LogP contribution is 2.51. The van der Waals surface area contributed by atoms with E-state index in [1.165, 1.54) is 23.9 Å². The topological polar surface area (TPSA) is 83.5 Å². The number of aliphatic imine (C=N–C) groups is 1. The number of nitrogens with zero attached hydrogens (tertiary/aromatic N) is 4. The van der Waals surface area contributed by atoms with E-state index in [0.29, 0.717) is 25.3 Å². The summed E-state index contributed by atoms with van der Waals surface area (Å²) in [7, 11) is 1.45. The smallest absolute Gasteiger partial charge is 0.273 e. The zero-order chi connectivity index (χ0) is 25.7. The first-order valence-corrected chi connectivity index (χ1v) is 12.9. The van der Waals surface area contributed by atoms with Crippen LogP contribution in [0.15, 0.2) is 58.6 Å². The molecule has 2 aromatic rings. The van der Waals surface area contributed by atoms with E-state index >= 15 is 0 Å². The Morgan fingerprint density at radius 2 is 1.94 bits per heavy atom. The number of guanidine groups is 1. The van der Waals surface area contributed by atoms with E-state index in [0.717, 1.165) is 49.7 Å². The summed E-state index contributed by atoms with van der Waals surface area (Å²) >= 11 is 1.24. The Balaban J connectivity index is 1.69. The molecular weight excluding hydrogens is 484 g/mol. The second-order valence-electron chi connectivity index (χ2n) is 8.85. The molecule has 2 heterocycles. The summed E-state index contributed by atoms with van der Waals surface area (Å²) in [5, 5.41) is 6.14. The SMILES string of the molecule is COC(C)C(=O)N1N=C(c2cc(F)ccc2F)SC1(CCCN=C(N)N1CCCC1)c1ccccc1. The molecule has 0 aliphatic carbocycles. The molecule has 1 amide bonds. The van der Waals surface area contributed by atoms with Gasteiger partial charge in [-0.25, -0.2) is 13.8 Å². The van der Waals surface area contributed by atoms with E-state index in [1.807, 2.05) is 30.3 Å². The first-order valence-electron chi connectivity index (χ1n) is 12.1. The largest absolute Gasteiger partial charge is 0.372 e. The number of benzene rings is 2. The average molecular weight is 516 g/mol. The lowest BCUT2D eigenvalue weighted by molar-refractivity contribution is -0.144. The molecule has 1 saturated heterocycles. The summed E-state index contributed by atoms with van der Waals surface area (Å²) in [6.45, 7) is 3.92. The van der Waals surface area contributed by atoms with Gasteiger partial charge >= 0.3 is 0 Å². The van der Waals surface area contributed by atoms with Crippen molar-refractivity contribution in [3.05, 3.63) is 71.3 Å². The molecule has 2 unspecified atom stereocenters. The van der Waals surface area contributed by atoms with E-state index in [4.69, 9.17) is 10.5 Å². The Hall–Kier alpha value is -2.98. The van der Waals surface area contributed by atoms with E-state index in [-0.39, 0.29) is 16.5 Å². The molecular formula is C26H31F2N5O2S. The third kappa shape index (κ3) is 5.39. The lowest BCUT2D eigenvalue weighted by Crippen LogP contribution is -2.45. The minimum absolute atomic E-state index is 0.0111. The van der Waals surface area contributed by atoms with Crippen LogP contribution in [0, 0.1) is 11.6 Å². The summed E-state index contributed by atoms with van der Waals surface area (Å²) in [4.78, 5) is 19.1. The highest BCUT2D eigenvalue weighted by atomic mass is 32.2. The van der Waals surface area contributed by atoms with Gasteiger partial charge in [0.25, 0.3) is 5.91 Å². The van der Waals surface area contributed by atoms with Crippen LogP contribution < -0.4 is 5.73 Å². The van der Waals surface area contributed by atoms with Gasteiger partial charge in [0.05, 0.1) is 0 Å². The minimum Gasteiger partial charge on any atom is -0.372 e. The number of carbonyl (C=O) groups excluding carboxylic acids is 1. The molecule has 2 N–H and O–H groups in total. The zero-order valence-electron chi connectivity index (χ0n) is 20.5. The monoisotopic (exact) mass is 515 g/mol. The Morgan fingerprint density at radius 1 is 1.22 bits per heavy atom. The predicted octanol–water partition coefficient (Wildman–Crippen LogP) is 4.28. The van der Waals surface area contributed by atoms with Crippen LogP contribution in [-0.4, -0.2) is 59.7 Å². The number of ether oxygens (including phenoxy) is 1. The van der Waals surface area contributed by atoms with Crippen LogP contribution in [0.3, 0.4) is 0 Å². The quantitative estimate of drug-likeness (QED) is 0.322. The molecule has 0 saturated carbocycles. The highest BCUT2D eigenvalue weighted by Gasteiger charge is 2.49. The molecule has 1 fully saturated rings. The van der Waals surface area contributed by atoms with Gasteiger partial charge in [-0.3, -0.25) is 9.79 Å². The van der Waals surface area contributed by atoms with Crippen LogP contribution in [0.5, 0.6) is 0 Å². The van der Waals surface area contributed by atoms with Crippen LogP contribution in [0.4, 0.5) is 8.78 Å². The van der Waals surface area contributed by atoms with Crippen LogP contribution in [0.25, 0.3) is 0 Å². The Kier molecular flexibility index (Phi) is 8.25. The lowest BCUT2D eigenvalue weighted by Gasteiger charge is -2.36. The van der Waals surface area contributed by atoms with Gasteiger partial charge in [-0.05, 0) is 56.4 Å². The van der Waals surface area contributed by atoms with E-state index in [9.17, 15) is 13.6 Å². The fraction of sp³-hybridized carbons (Fsp3) is 0.423. The molecule has 2 atom stereocenters. The average Bonchev–Trinajstić information content (AvgIpc) is 3.57. The third-order valence-electron chi connectivity index (χ3n) is 6.47. The van der Waals surface area contributed by atoms with Crippen molar-refractivity contribution in [2.24, 2.45) is 15.8 Å². The van der Waals surface area contributed by atoms with Crippen molar-refractivity contribution in [3.8, 4) is 0 Å². The van der Waals surface area contributed by atoms with E-state index in [2.05, 4.69) is 15.0 Å². The second-order valence-corrected chi connectivity index (χ2v) is 10.1. The number of rotatable bonds is 8. The number of hydrogen-bond donors (Lipinski definition) is 1. The maximum Gasteiger partial charge on any atom is 0.273 e. The number of hydrogen-bond acceptors (Lipinski definition) is 5. The van der Waals surface area contributed by atoms with Crippen molar-refractivity contribution in [2.45, 2.75) is 43.6 Å². The molecule has 2 aromatic carbocycles. The van der Waals surface area contributed by atoms with Crippen LogP contribution >= 0.6 is 11.8 Å². The van der Waals surface area contributed by atoms with E-state index < -0.39 is 22.6 Å². The number of methoxy groups -OCH3 is 1. The number of amides is 1. The van der Waals surface area contributed by atoms with Gasteiger partial charge < -0.3 is 15.4 Å². The van der Waals surface area contributed by atoms with Crippen molar-refractivity contribution in [1.82, 2.24) is 9.91 Å². The Labute approximate surface area is 214 Å². The summed E-state index contributed by atoms with van der Waals surface area (Å²) in [6, 6.07) is 12.7. The maximum atomic E-state index is 14.7. The van der Waals surface area contributed by atoms with Crippen LogP contribution in [-0.2, 0) is 14.4 Å². The fourth-order valence-electron chi connectivity index (χ4n) is 4.41. The molecule has 2 aliphatic rings. The number of halogens is 2. The Bertz CT molecular complexity index is 1140. The van der Waals surface area contributed by atoms with Gasteiger partial charge in [0.15, 0.2) is 5.96 Å². The zero-order valence-corrected chi connectivity index (χ0v) is 21.3. The van der Waals surface area contributed by atoms with Crippen molar-refractivity contribution >= 4 is 28.7 Å². The van der Waals surface area contributed by atoms with E-state index in [1.54, 1.807) is 6.92 Å². The van der Waals surface area contributed by atoms with Crippen molar-refractivity contribution in [3.63, 3.8) is 0 Å². The number of carbonyl (C=O) groups is 1. The number of thioether (sulfide) groups is 1. The molecule has 2 aliphatic heterocycles. The number of hydrazone groups is 1. The lowest BCUT2D eigenvalue weighted by atomic mass is 9.99. The fourth-order valence-corrected chi connectivity index (χ4v) is 5.83. The van der Waals surface area contributed by atoms with Crippen molar-refractivity contribution in [2.75, 3.05) is 26.7 Å². The summed E-state index contributed by atoms with van der Waals surface area (Å²) in [5.41, 5.74) is 7.00. The molecule has 0 aromatic heterocycles. The van der Waals surface area contributed by atoms with Gasteiger partial charge in [0, 0.05) is 32.3 Å². The van der Waals surface area contributed by atoms with Crippen LogP contribution in [0.2, 0.25) is 0 Å². The van der Waals surface area contributed by atoms with Crippen LogP contribution in [0.1, 0.15) is 43.7 Å². The van der Waals surface area contributed by atoms with Crippen molar-refractivity contribution in [1.29, 1.82) is 0 Å². The highest BCUT2D eigenvalue weighted by molar-refractivity contribution is 8.15. The minimum atomic E-state index is -0.989. The molecule has 0 spiro atoms. The molecule has 0 bridgehead atoms. The molecule has 4 rings (SSSR count). The summed E-state index contributed by atoms with van der Waals surface area (Å²) in [6.07, 6.45) is 2.49. The number of likely N-dealkylation sites (tertiary alicyclic amines) is 1. The molecule has 7 nitrogen and oxygen atoms in total. The number of nitrogens with two attached hydrogens (primary N) is 1. The molecule has 36 heavy (non-hydrogen) atoms. The normalized spacial score (nSPS) is 21.1. The third-order valence-corrected chi connectivity index (χ3v) is 7.92. The van der Waals surface area contributed by atoms with Gasteiger partial charge in [0.2, 0.25) is 0 Å². The van der Waals surface area contributed by atoms with Gasteiger partial charge in [-0.15, -0.1) is 0 Å². The Morgan fingerprint density at radius 3 is 2.64 bits per heavy atom. The molecule has 192 valence electrons. The van der Waals surface area contributed by atoms with Crippen molar-refractivity contribution < 1.29 is 18.3 Å². The molecule has 10 heteroatoms. The predicted molar refractivity (Wildman–Crippen MR) is 138 cm³/mol. The summed E-state index contributed by atoms with van der Waals surface area (Å²) in [5.74, 6) is -1.04. The summed E-state index contributed by atoms with van der Waals surface area (Å²) < 4.78 is 34.1. The maximum absolute atomic E-state index is 14.7. The van der Waals surface area contributed by atoms with Gasteiger partial charge in [-0.1, -0.05) is 42.1 Å². The standard InChI is InChI=1S/C26H31F2N5O2S/c1-18(35-2)24(34)33-26(19-9-4-3-5-10-19,13-8-14-30-25(29)32-15-6-7-16-32)36-23(31-33)21-17-20(27)11-12-22(21)28/h3-5,9-12,17-18H,6-8,13-16H2,1-2H3,(H2,29,30). The second kappa shape index (κ2) is 11.4. The van der Waals surface area contributed by atoms with Gasteiger partial charge in [0.1, 0.15) is 27.7 Å². The first kappa shape index (κ1) is 26.1.